The Labute approximate surface area is 198 Å². The standard InChI is InChI=1S/C25H21N5O3S/c1-3-33-19-11-10-16-7-4-5-8-17(16)23(19)24(32)27-21-14-18(20-9-6-12-34-20)29-30(21)25-26-15(2)13-22(31)28-25/h4-14H,3H2,1-2H3,(H,27,32)(H,26,28,31). The van der Waals surface area contributed by atoms with Gasteiger partial charge in [0.2, 0.25) is 5.95 Å². The van der Waals surface area contributed by atoms with Crippen LogP contribution in [0.5, 0.6) is 5.75 Å². The normalized spacial score (nSPS) is 11.0. The van der Waals surface area contributed by atoms with Crippen molar-refractivity contribution >= 4 is 33.8 Å². The lowest BCUT2D eigenvalue weighted by Crippen LogP contribution is -2.19. The molecular weight excluding hydrogens is 450 g/mol. The fourth-order valence-electron chi connectivity index (χ4n) is 3.78. The Kier molecular flexibility index (Phi) is 5.69. The van der Waals surface area contributed by atoms with Crippen molar-refractivity contribution in [3.8, 4) is 22.3 Å². The van der Waals surface area contributed by atoms with Crippen molar-refractivity contribution in [1.29, 1.82) is 0 Å². The summed E-state index contributed by atoms with van der Waals surface area (Å²) in [6.07, 6.45) is 0. The molecule has 0 fully saturated rings. The van der Waals surface area contributed by atoms with Gasteiger partial charge in [0.25, 0.3) is 11.5 Å². The first kappa shape index (κ1) is 21.6. The van der Waals surface area contributed by atoms with Gasteiger partial charge in [0.15, 0.2) is 0 Å². The van der Waals surface area contributed by atoms with Crippen molar-refractivity contribution in [2.45, 2.75) is 13.8 Å². The Bertz CT molecular complexity index is 1550. The predicted molar refractivity (Wildman–Crippen MR) is 133 cm³/mol. The van der Waals surface area contributed by atoms with E-state index < -0.39 is 0 Å². The van der Waals surface area contributed by atoms with Gasteiger partial charge in [-0.05, 0) is 42.1 Å². The van der Waals surface area contributed by atoms with Gasteiger partial charge in [0.05, 0.1) is 17.0 Å². The molecule has 3 aromatic heterocycles. The van der Waals surface area contributed by atoms with Crippen molar-refractivity contribution < 1.29 is 9.53 Å². The van der Waals surface area contributed by atoms with E-state index in [1.807, 2.05) is 54.8 Å². The number of fused-ring (bicyclic) bond motifs is 1. The highest BCUT2D eigenvalue weighted by Crippen LogP contribution is 2.31. The van der Waals surface area contributed by atoms with Crippen LogP contribution >= 0.6 is 11.3 Å². The lowest BCUT2D eigenvalue weighted by molar-refractivity contribution is 0.102. The van der Waals surface area contributed by atoms with Crippen LogP contribution in [0.4, 0.5) is 5.82 Å². The van der Waals surface area contributed by atoms with Crippen LogP contribution in [0.25, 0.3) is 27.3 Å². The Morgan fingerprint density at radius 3 is 2.76 bits per heavy atom. The van der Waals surface area contributed by atoms with Crippen molar-refractivity contribution in [3.63, 3.8) is 0 Å². The summed E-state index contributed by atoms with van der Waals surface area (Å²) in [5, 5.41) is 11.2. The van der Waals surface area contributed by atoms with E-state index in [0.29, 0.717) is 35.1 Å². The minimum Gasteiger partial charge on any atom is -0.493 e. The van der Waals surface area contributed by atoms with Crippen LogP contribution in [0.3, 0.4) is 0 Å². The molecule has 9 heteroatoms. The Hall–Kier alpha value is -4.24. The van der Waals surface area contributed by atoms with E-state index in [2.05, 4.69) is 20.4 Å². The second-order valence-electron chi connectivity index (χ2n) is 7.56. The fraction of sp³-hybridized carbons (Fsp3) is 0.120. The maximum absolute atomic E-state index is 13.6. The van der Waals surface area contributed by atoms with Gasteiger partial charge in [-0.2, -0.15) is 9.78 Å². The van der Waals surface area contributed by atoms with Crippen LogP contribution < -0.4 is 15.6 Å². The molecule has 34 heavy (non-hydrogen) atoms. The molecule has 5 rings (SSSR count). The summed E-state index contributed by atoms with van der Waals surface area (Å²) in [6.45, 7) is 4.03. The maximum Gasteiger partial charge on any atom is 0.261 e. The average molecular weight is 472 g/mol. The lowest BCUT2D eigenvalue weighted by atomic mass is 10.0. The van der Waals surface area contributed by atoms with Gasteiger partial charge in [0.1, 0.15) is 17.3 Å². The molecule has 0 bridgehead atoms. The Morgan fingerprint density at radius 1 is 1.15 bits per heavy atom. The first-order valence-electron chi connectivity index (χ1n) is 10.7. The van der Waals surface area contributed by atoms with E-state index in [1.165, 1.54) is 22.1 Å². The molecule has 1 amide bonds. The van der Waals surface area contributed by atoms with Gasteiger partial charge in [-0.3, -0.25) is 14.6 Å². The van der Waals surface area contributed by atoms with Crippen molar-refractivity contribution in [2.75, 3.05) is 11.9 Å². The second-order valence-corrected chi connectivity index (χ2v) is 8.51. The first-order valence-corrected chi connectivity index (χ1v) is 11.6. The van der Waals surface area contributed by atoms with Crippen molar-refractivity contribution in [3.05, 3.63) is 87.7 Å². The molecule has 0 aliphatic carbocycles. The molecule has 5 aromatic rings. The Morgan fingerprint density at radius 2 is 2.00 bits per heavy atom. The topological polar surface area (TPSA) is 102 Å². The minimum absolute atomic E-state index is 0.214. The van der Waals surface area contributed by atoms with Crippen LogP contribution in [0.2, 0.25) is 0 Å². The summed E-state index contributed by atoms with van der Waals surface area (Å²) in [4.78, 5) is 33.7. The molecule has 0 saturated carbocycles. The summed E-state index contributed by atoms with van der Waals surface area (Å²) in [5.74, 6) is 0.725. The zero-order valence-electron chi connectivity index (χ0n) is 18.5. The zero-order chi connectivity index (χ0) is 23.7. The highest BCUT2D eigenvalue weighted by Gasteiger charge is 2.21. The van der Waals surface area contributed by atoms with E-state index in [4.69, 9.17) is 4.74 Å². The average Bonchev–Trinajstić information content (AvgIpc) is 3.48. The number of aromatic nitrogens is 4. The molecule has 0 atom stereocenters. The number of nitrogens with one attached hydrogen (secondary N) is 2. The van der Waals surface area contributed by atoms with Crippen LogP contribution in [0.1, 0.15) is 23.0 Å². The number of H-pyrrole nitrogens is 1. The zero-order valence-corrected chi connectivity index (χ0v) is 19.3. The van der Waals surface area contributed by atoms with Gasteiger partial charge in [-0.25, -0.2) is 4.98 Å². The third-order valence-corrected chi connectivity index (χ3v) is 6.09. The number of rotatable bonds is 6. The highest BCUT2D eigenvalue weighted by molar-refractivity contribution is 7.13. The molecule has 0 saturated heterocycles. The third-order valence-electron chi connectivity index (χ3n) is 5.20. The number of aromatic amines is 1. The first-order chi connectivity index (χ1) is 16.5. The van der Waals surface area contributed by atoms with Crippen LogP contribution in [0, 0.1) is 6.92 Å². The fourth-order valence-corrected chi connectivity index (χ4v) is 4.46. The number of aryl methyl sites for hydroxylation is 1. The summed E-state index contributed by atoms with van der Waals surface area (Å²) in [6, 6.07) is 18.4. The molecule has 0 spiro atoms. The summed E-state index contributed by atoms with van der Waals surface area (Å²) >= 11 is 1.52. The molecule has 2 N–H and O–H groups in total. The number of benzene rings is 2. The minimum atomic E-state index is -0.353. The summed E-state index contributed by atoms with van der Waals surface area (Å²) in [7, 11) is 0. The third kappa shape index (κ3) is 4.08. The van der Waals surface area contributed by atoms with Gasteiger partial charge >= 0.3 is 0 Å². The van der Waals surface area contributed by atoms with Crippen molar-refractivity contribution in [1.82, 2.24) is 19.7 Å². The van der Waals surface area contributed by atoms with E-state index in [9.17, 15) is 9.59 Å². The number of anilines is 1. The maximum atomic E-state index is 13.6. The number of hydrogen-bond donors (Lipinski definition) is 2. The quantitative estimate of drug-likeness (QED) is 0.371. The molecule has 0 unspecified atom stereocenters. The van der Waals surface area contributed by atoms with Gasteiger partial charge in [-0.15, -0.1) is 11.3 Å². The van der Waals surface area contributed by atoms with E-state index >= 15 is 0 Å². The number of hydrogen-bond acceptors (Lipinski definition) is 6. The Balaban J connectivity index is 1.63. The number of amides is 1. The molecule has 0 aliphatic rings. The summed E-state index contributed by atoms with van der Waals surface area (Å²) in [5.41, 5.74) is 1.31. The SMILES string of the molecule is CCOc1ccc2ccccc2c1C(=O)Nc1cc(-c2cccs2)nn1-c1nc(C)cc(=O)[nH]1. The monoisotopic (exact) mass is 471 g/mol. The van der Waals surface area contributed by atoms with E-state index in [-0.39, 0.29) is 17.4 Å². The van der Waals surface area contributed by atoms with Crippen molar-refractivity contribution in [2.24, 2.45) is 0 Å². The number of thiophene rings is 1. The van der Waals surface area contributed by atoms with E-state index in [0.717, 1.165) is 15.6 Å². The van der Waals surface area contributed by atoms with Gasteiger partial charge in [0, 0.05) is 17.8 Å². The molecule has 170 valence electrons. The van der Waals surface area contributed by atoms with Crippen LogP contribution in [0.15, 0.2) is 70.8 Å². The van der Waals surface area contributed by atoms with Gasteiger partial charge < -0.3 is 10.1 Å². The molecule has 3 heterocycles. The molecule has 8 nitrogen and oxygen atoms in total. The largest absolute Gasteiger partial charge is 0.493 e. The summed E-state index contributed by atoms with van der Waals surface area (Å²) < 4.78 is 7.21. The number of nitrogens with zero attached hydrogens (tertiary/aromatic N) is 3. The predicted octanol–water partition coefficient (Wildman–Crippen LogP) is 4.80. The molecule has 0 aliphatic heterocycles. The molecule has 0 radical (unpaired) electrons. The van der Waals surface area contributed by atoms with E-state index in [1.54, 1.807) is 19.1 Å². The number of carbonyl (C=O) groups excluding carboxylic acids is 1. The lowest BCUT2D eigenvalue weighted by Gasteiger charge is -2.14. The number of carbonyl (C=O) groups is 1. The molecule has 2 aromatic carbocycles. The smallest absolute Gasteiger partial charge is 0.261 e. The number of ether oxygens (including phenoxy) is 1. The van der Waals surface area contributed by atoms with Gasteiger partial charge in [-0.1, -0.05) is 36.4 Å². The highest BCUT2D eigenvalue weighted by atomic mass is 32.1. The van der Waals surface area contributed by atoms with Crippen LogP contribution in [-0.4, -0.2) is 32.3 Å². The molecular formula is C25H21N5O3S. The second kappa shape index (κ2) is 8.95. The van der Waals surface area contributed by atoms with Crippen LogP contribution in [-0.2, 0) is 0 Å².